The van der Waals surface area contributed by atoms with Crippen molar-refractivity contribution >= 4 is 18.0 Å². The summed E-state index contributed by atoms with van der Waals surface area (Å²) < 4.78 is 0. The Bertz CT molecular complexity index is 439. The van der Waals surface area contributed by atoms with E-state index in [4.69, 9.17) is 0 Å². The van der Waals surface area contributed by atoms with Gasteiger partial charge in [-0.3, -0.25) is 14.7 Å². The number of piperazine rings is 1. The molecular weight excluding hydrogens is 240 g/mol. The molecule has 0 aromatic rings. The molecule has 3 rings (SSSR count). The van der Waals surface area contributed by atoms with Crippen LogP contribution in [0.4, 0.5) is 0 Å². The molecule has 19 heavy (non-hydrogen) atoms. The van der Waals surface area contributed by atoms with E-state index >= 15 is 0 Å². The fraction of sp³-hybridized carbons (Fsp3) is 0.786. The smallest absolute Gasteiger partial charge is 0.237 e. The second-order valence-corrected chi connectivity index (χ2v) is 6.02. The first-order valence-electron chi connectivity index (χ1n) is 7.18. The van der Waals surface area contributed by atoms with Gasteiger partial charge in [-0.1, -0.05) is 12.8 Å². The molecule has 1 unspecified atom stereocenters. The maximum atomic E-state index is 12.3. The van der Waals surface area contributed by atoms with Gasteiger partial charge in [0.25, 0.3) is 0 Å². The van der Waals surface area contributed by atoms with Crippen molar-refractivity contribution in [3.05, 3.63) is 0 Å². The van der Waals surface area contributed by atoms with E-state index in [9.17, 15) is 4.79 Å². The van der Waals surface area contributed by atoms with Crippen LogP contribution < -0.4 is 0 Å². The quantitative estimate of drug-likeness (QED) is 0.706. The number of amidine groups is 1. The SMILES string of the molecule is CC1=NCC2(C=N1)CN(C1CCCC1)CC(=O)N2C. The molecule has 1 aliphatic carbocycles. The second-order valence-electron chi connectivity index (χ2n) is 6.02. The Balaban J connectivity index is 1.82. The van der Waals surface area contributed by atoms with Gasteiger partial charge >= 0.3 is 0 Å². The van der Waals surface area contributed by atoms with Crippen molar-refractivity contribution in [1.82, 2.24) is 9.80 Å². The van der Waals surface area contributed by atoms with Crippen LogP contribution in [0.5, 0.6) is 0 Å². The van der Waals surface area contributed by atoms with E-state index in [1.807, 2.05) is 25.1 Å². The van der Waals surface area contributed by atoms with Gasteiger partial charge in [0.2, 0.25) is 5.91 Å². The van der Waals surface area contributed by atoms with Crippen LogP contribution in [0.25, 0.3) is 0 Å². The molecule has 0 aromatic heterocycles. The molecule has 2 heterocycles. The number of likely N-dealkylation sites (N-methyl/N-ethyl adjacent to an activating group) is 1. The summed E-state index contributed by atoms with van der Waals surface area (Å²) in [5.74, 6) is 1.00. The predicted molar refractivity (Wildman–Crippen MR) is 75.8 cm³/mol. The monoisotopic (exact) mass is 262 g/mol. The van der Waals surface area contributed by atoms with Crippen molar-refractivity contribution in [2.75, 3.05) is 26.7 Å². The van der Waals surface area contributed by atoms with E-state index in [2.05, 4.69) is 14.9 Å². The first-order valence-corrected chi connectivity index (χ1v) is 7.18. The topological polar surface area (TPSA) is 48.3 Å². The van der Waals surface area contributed by atoms with E-state index in [0.717, 1.165) is 12.4 Å². The molecule has 2 fully saturated rings. The minimum atomic E-state index is -0.322. The normalized spacial score (nSPS) is 33.3. The van der Waals surface area contributed by atoms with Crippen molar-refractivity contribution in [2.45, 2.75) is 44.2 Å². The minimum absolute atomic E-state index is 0.194. The third kappa shape index (κ3) is 2.20. The fourth-order valence-corrected chi connectivity index (χ4v) is 3.40. The molecule has 104 valence electrons. The molecule has 1 spiro atoms. The first-order chi connectivity index (χ1) is 9.11. The third-order valence-electron chi connectivity index (χ3n) is 4.77. The van der Waals surface area contributed by atoms with Crippen LogP contribution in [0, 0.1) is 0 Å². The van der Waals surface area contributed by atoms with Crippen LogP contribution >= 0.6 is 0 Å². The molecule has 1 atom stereocenters. The highest BCUT2D eigenvalue weighted by Gasteiger charge is 2.45. The molecule has 5 heteroatoms. The lowest BCUT2D eigenvalue weighted by Gasteiger charge is -2.48. The molecule has 1 saturated heterocycles. The molecule has 2 aliphatic heterocycles. The van der Waals surface area contributed by atoms with Crippen LogP contribution in [-0.4, -0.2) is 66.0 Å². The first kappa shape index (κ1) is 12.8. The van der Waals surface area contributed by atoms with Crippen molar-refractivity contribution in [1.29, 1.82) is 0 Å². The van der Waals surface area contributed by atoms with Crippen LogP contribution in [-0.2, 0) is 4.79 Å². The summed E-state index contributed by atoms with van der Waals surface area (Å²) in [6.07, 6.45) is 6.99. The van der Waals surface area contributed by atoms with Gasteiger partial charge < -0.3 is 4.90 Å². The van der Waals surface area contributed by atoms with Gasteiger partial charge in [-0.05, 0) is 19.8 Å². The van der Waals surface area contributed by atoms with Crippen molar-refractivity contribution in [3.8, 4) is 0 Å². The minimum Gasteiger partial charge on any atom is -0.331 e. The van der Waals surface area contributed by atoms with Gasteiger partial charge in [0, 0.05) is 25.8 Å². The number of aliphatic imine (C=N–C) groups is 2. The number of amides is 1. The molecule has 0 bridgehead atoms. The summed E-state index contributed by atoms with van der Waals surface area (Å²) in [4.78, 5) is 25.3. The largest absolute Gasteiger partial charge is 0.331 e. The summed E-state index contributed by atoms with van der Waals surface area (Å²) in [5, 5.41) is 0. The highest BCUT2D eigenvalue weighted by Crippen LogP contribution is 2.29. The third-order valence-corrected chi connectivity index (χ3v) is 4.77. The number of hydrogen-bond acceptors (Lipinski definition) is 4. The molecule has 0 N–H and O–H groups in total. The Labute approximate surface area is 114 Å². The summed E-state index contributed by atoms with van der Waals surface area (Å²) in [6, 6.07) is 0.579. The number of carbonyl (C=O) groups excluding carboxylic acids is 1. The predicted octanol–water partition coefficient (Wildman–Crippen LogP) is 0.945. The van der Waals surface area contributed by atoms with Crippen molar-refractivity contribution in [3.63, 3.8) is 0 Å². The maximum Gasteiger partial charge on any atom is 0.237 e. The number of rotatable bonds is 1. The zero-order chi connectivity index (χ0) is 13.5. The summed E-state index contributed by atoms with van der Waals surface area (Å²) >= 11 is 0. The van der Waals surface area contributed by atoms with Gasteiger partial charge in [-0.2, -0.15) is 0 Å². The van der Waals surface area contributed by atoms with Crippen LogP contribution in [0.3, 0.4) is 0 Å². The molecule has 3 aliphatic rings. The average molecular weight is 262 g/mol. The number of hydrogen-bond donors (Lipinski definition) is 0. The van der Waals surface area contributed by atoms with E-state index in [1.165, 1.54) is 25.7 Å². The Kier molecular flexibility index (Phi) is 3.17. The molecule has 0 radical (unpaired) electrons. The van der Waals surface area contributed by atoms with Crippen molar-refractivity contribution < 1.29 is 4.79 Å². The Hall–Kier alpha value is -1.23. The lowest BCUT2D eigenvalue weighted by Crippen LogP contribution is -2.67. The van der Waals surface area contributed by atoms with Gasteiger partial charge in [-0.25, -0.2) is 4.99 Å². The van der Waals surface area contributed by atoms with E-state index in [-0.39, 0.29) is 11.4 Å². The Morgan fingerprint density at radius 1 is 1.37 bits per heavy atom. The Morgan fingerprint density at radius 2 is 2.11 bits per heavy atom. The second kappa shape index (κ2) is 4.71. The standard InChI is InChI=1S/C14H22N4O/c1-11-15-8-14(9-16-11)10-18(7-13(19)17(14)2)12-5-3-4-6-12/h8,12H,3-7,9-10H2,1-2H3. The van der Waals surface area contributed by atoms with Gasteiger partial charge in [-0.15, -0.1) is 0 Å². The van der Waals surface area contributed by atoms with Gasteiger partial charge in [0.1, 0.15) is 11.4 Å². The zero-order valence-electron chi connectivity index (χ0n) is 11.8. The molecular formula is C14H22N4O. The Morgan fingerprint density at radius 3 is 2.74 bits per heavy atom. The fourth-order valence-electron chi connectivity index (χ4n) is 3.40. The molecule has 0 aromatic carbocycles. The molecule has 5 nitrogen and oxygen atoms in total. The summed E-state index contributed by atoms with van der Waals surface area (Å²) in [6.45, 7) is 3.98. The summed E-state index contributed by atoms with van der Waals surface area (Å²) in [7, 11) is 1.89. The summed E-state index contributed by atoms with van der Waals surface area (Å²) in [5.41, 5.74) is -0.322. The highest BCUT2D eigenvalue weighted by molar-refractivity contribution is 5.95. The van der Waals surface area contributed by atoms with Gasteiger partial charge in [0.15, 0.2) is 0 Å². The van der Waals surface area contributed by atoms with E-state index < -0.39 is 0 Å². The van der Waals surface area contributed by atoms with Gasteiger partial charge in [0.05, 0.1) is 13.1 Å². The maximum absolute atomic E-state index is 12.3. The average Bonchev–Trinajstić information content (AvgIpc) is 2.93. The lowest BCUT2D eigenvalue weighted by molar-refractivity contribution is -0.141. The zero-order valence-corrected chi connectivity index (χ0v) is 11.8. The van der Waals surface area contributed by atoms with E-state index in [1.54, 1.807) is 0 Å². The lowest BCUT2D eigenvalue weighted by atomic mass is 9.93. The molecule has 1 saturated carbocycles. The number of carbonyl (C=O) groups is 1. The highest BCUT2D eigenvalue weighted by atomic mass is 16.2. The van der Waals surface area contributed by atoms with E-state index in [0.29, 0.717) is 19.1 Å². The van der Waals surface area contributed by atoms with Crippen LogP contribution in [0.15, 0.2) is 9.98 Å². The number of nitrogens with zero attached hydrogens (tertiary/aromatic N) is 4. The molecule has 1 amide bonds. The van der Waals surface area contributed by atoms with Crippen LogP contribution in [0.2, 0.25) is 0 Å². The van der Waals surface area contributed by atoms with Crippen LogP contribution in [0.1, 0.15) is 32.6 Å². The van der Waals surface area contributed by atoms with Crippen molar-refractivity contribution in [2.24, 2.45) is 9.98 Å².